The summed E-state index contributed by atoms with van der Waals surface area (Å²) in [5.74, 6) is 3.60. The van der Waals surface area contributed by atoms with Crippen molar-refractivity contribution in [2.45, 2.75) is 205 Å². The number of aromatic hydroxyl groups is 2. The van der Waals surface area contributed by atoms with Crippen LogP contribution in [0, 0.1) is 13.8 Å². The van der Waals surface area contributed by atoms with E-state index in [2.05, 4.69) is 171 Å². The van der Waals surface area contributed by atoms with Gasteiger partial charge in [-0.25, -0.2) is 0 Å². The van der Waals surface area contributed by atoms with Crippen LogP contribution in [0.3, 0.4) is 0 Å². The minimum atomic E-state index is -1.94. The van der Waals surface area contributed by atoms with Crippen molar-refractivity contribution < 1.29 is 25.7 Å². The van der Waals surface area contributed by atoms with Gasteiger partial charge < -0.3 is 0 Å². The zero-order valence-corrected chi connectivity index (χ0v) is 56.7. The molecule has 1 fully saturated rings. The predicted molar refractivity (Wildman–Crippen MR) is 329 cm³/mol. The van der Waals surface area contributed by atoms with E-state index in [0.717, 1.165) is 33.1 Å². The van der Waals surface area contributed by atoms with E-state index in [1.54, 1.807) is 0 Å². The molecule has 1 saturated carbocycles. The van der Waals surface area contributed by atoms with Gasteiger partial charge in [-0.2, -0.15) is 49.2 Å². The molecule has 1 heterocycles. The number of hydrogen-bond acceptors (Lipinski definition) is 2. The Bertz CT molecular complexity index is 2230. The van der Waals surface area contributed by atoms with E-state index >= 15 is 0 Å². The minimum Gasteiger partial charge on any atom is -0.199 e. The maximum Gasteiger partial charge on any atom is -0.0866 e. The van der Waals surface area contributed by atoms with E-state index in [9.17, 15) is 10.2 Å². The molecule has 4 aromatic carbocycles. The summed E-state index contributed by atoms with van der Waals surface area (Å²) in [4.78, 5) is 0. The Labute approximate surface area is 440 Å². The van der Waals surface area contributed by atoms with E-state index in [4.69, 9.17) is 0 Å². The molecule has 0 aromatic heterocycles. The van der Waals surface area contributed by atoms with Crippen molar-refractivity contribution in [3.05, 3.63) is 132 Å². The van der Waals surface area contributed by atoms with Crippen LogP contribution in [-0.2, 0) is 37.8 Å². The number of phenolic OH excluding ortho intramolecular Hbond substituents is 2. The Morgan fingerprint density at radius 1 is 0.478 bits per heavy atom. The van der Waals surface area contributed by atoms with Crippen LogP contribution < -0.4 is 10.4 Å². The van der Waals surface area contributed by atoms with Crippen LogP contribution in [0.25, 0.3) is 0 Å². The Morgan fingerprint density at radius 3 is 1.00 bits per heavy atom. The first-order chi connectivity index (χ1) is 31.5. The molecule has 69 heavy (non-hydrogen) atoms. The molecule has 1 aliphatic carbocycles. The average Bonchev–Trinajstić information content (AvgIpc) is 3.50. The fraction of sp³-hybridized carbons (Fsp3) is 0.552. The molecular weight excluding hydrogens is 1010 g/mol. The smallest absolute Gasteiger partial charge is 0.0866 e. The number of rotatable bonds is 10. The second-order valence-corrected chi connectivity index (χ2v) is 95.1. The molecule has 1 aliphatic heterocycles. The average molecular weight is 1110 g/mol. The fourth-order valence-electron chi connectivity index (χ4n) is 11.0. The normalized spacial score (nSPS) is 19.6. The molecule has 2 N–H and O–H groups in total. The molecule has 2 nitrogen and oxygen atoms in total. The van der Waals surface area contributed by atoms with Crippen LogP contribution in [0.1, 0.15) is 113 Å². The molecule has 2 aliphatic rings. The summed E-state index contributed by atoms with van der Waals surface area (Å²) in [7, 11) is -9.57. The van der Waals surface area contributed by atoms with E-state index in [1.807, 2.05) is 60.7 Å². The van der Waals surface area contributed by atoms with E-state index < -0.39 is 44.6 Å². The SMILES string of the molecule is CC(C)(C)c1cc(C[S]2=[Ti]=[S@@](Cc3cc(C(C)(C)C)cc([Si](C)([Si](C)(C)C)[Si](C)(C)C)c3O)C3CCCCCC[C@@H]32)c(O)c([Si](C)([Si](C)(C)C)[Si](C)(C)C)c1.[CH2-]c1ccccc1.[CH2-]c1ccccc1. The van der Waals surface area contributed by atoms with E-state index in [1.165, 1.54) is 71.2 Å². The molecule has 4 atom stereocenters. The van der Waals surface area contributed by atoms with E-state index in [-0.39, 0.29) is 26.3 Å². The van der Waals surface area contributed by atoms with Gasteiger partial charge in [0, 0.05) is 0 Å². The van der Waals surface area contributed by atoms with Gasteiger partial charge in [-0.15, -0.1) is 24.3 Å². The molecule has 0 radical (unpaired) electrons. The Hall–Kier alpha value is -1.06. The summed E-state index contributed by atoms with van der Waals surface area (Å²) in [5.41, 5.74) is 7.70. The molecule has 0 bridgehead atoms. The van der Waals surface area contributed by atoms with Gasteiger partial charge in [0.2, 0.25) is 0 Å². The van der Waals surface area contributed by atoms with Gasteiger partial charge in [-0.3, -0.25) is 0 Å². The van der Waals surface area contributed by atoms with E-state index in [0.29, 0.717) is 27.4 Å². The van der Waals surface area contributed by atoms with Crippen molar-refractivity contribution in [1.29, 1.82) is 0 Å². The van der Waals surface area contributed by atoms with Gasteiger partial charge in [0.05, 0.1) is 0 Å². The third-order valence-corrected chi connectivity index (χ3v) is 114. The van der Waals surface area contributed by atoms with Gasteiger partial charge in [-0.1, -0.05) is 12.1 Å². The molecule has 11 heteroatoms. The summed E-state index contributed by atoms with van der Waals surface area (Å²) >= 11 is -0.288. The number of phenols is 2. The van der Waals surface area contributed by atoms with Crippen molar-refractivity contribution in [2.75, 3.05) is 0 Å². The summed E-state index contributed by atoms with van der Waals surface area (Å²) in [6, 6.07) is 29.7. The largest absolute Gasteiger partial charge is 0.199 e. The fourth-order valence-corrected chi connectivity index (χ4v) is 108. The van der Waals surface area contributed by atoms with Crippen LogP contribution in [0.15, 0.2) is 84.9 Å². The Morgan fingerprint density at radius 2 is 0.768 bits per heavy atom. The second kappa shape index (κ2) is 23.2. The summed E-state index contributed by atoms with van der Waals surface area (Å²) in [5, 5.41) is 29.7. The minimum absolute atomic E-state index is 0.0461. The molecule has 4 aromatic rings. The summed E-state index contributed by atoms with van der Waals surface area (Å²) in [6.45, 7) is 58.3. The van der Waals surface area contributed by atoms with Crippen molar-refractivity contribution >= 4 is 70.9 Å². The predicted octanol–water partition coefficient (Wildman–Crippen LogP) is 16.9. The molecule has 6 rings (SSSR count). The van der Waals surface area contributed by atoms with Crippen molar-refractivity contribution in [1.82, 2.24) is 0 Å². The second-order valence-electron chi connectivity index (χ2n) is 27.1. The van der Waals surface area contributed by atoms with Crippen LogP contribution in [-0.4, -0.2) is 65.3 Å². The van der Waals surface area contributed by atoms with Crippen LogP contribution in [0.5, 0.6) is 11.5 Å². The molecule has 0 saturated heterocycles. The van der Waals surface area contributed by atoms with Gasteiger partial charge in [0.1, 0.15) is 0 Å². The first kappa shape index (κ1) is 60.5. The van der Waals surface area contributed by atoms with Crippen LogP contribution >= 0.6 is 15.9 Å². The third kappa shape index (κ3) is 14.4. The van der Waals surface area contributed by atoms with Crippen molar-refractivity contribution in [3.8, 4) is 11.5 Å². The monoisotopic (exact) mass is 1110 g/mol. The maximum atomic E-state index is 12.7. The quantitative estimate of drug-likeness (QED) is 0.123. The van der Waals surface area contributed by atoms with Gasteiger partial charge in [-0.05, 0) is 0 Å². The summed E-state index contributed by atoms with van der Waals surface area (Å²) < 4.78 is 0. The maximum absolute atomic E-state index is 12.7. The number of benzene rings is 4. The summed E-state index contributed by atoms with van der Waals surface area (Å²) in [6.07, 6.45) is 8.25. The topological polar surface area (TPSA) is 40.5 Å². The third-order valence-electron chi connectivity index (χ3n) is 16.6. The molecule has 0 spiro atoms. The van der Waals surface area contributed by atoms with Crippen LogP contribution in [0.2, 0.25) is 91.7 Å². The standard InChI is InChI=1S/C44H84O2S2Si6.2C7H7.Ti/c1-43(2,3)35-27-33(41(45)39(29-35)53(19,49(7,8)9)50(10,11)12)31-47-37-25-23-21-22-24-26-38(37)48-32-34-28-36(44(4,5)6)30-40(42(34)46)54(20,51(13,14)15)52(16,17)18;2*1-7-5-3-2-4-6-7;/h27-30,37-38,45-46H,21-26,31-32H2,1-20H3;2*2-6H,1H2;/q;2*-1;/t37-,38?;;;/m0.../s1. The van der Waals surface area contributed by atoms with Crippen LogP contribution in [0.4, 0.5) is 0 Å². The first-order valence-corrected chi connectivity index (χ1v) is 55.8. The molecular formula is C58H98O2S2Si6Ti-2. The van der Waals surface area contributed by atoms with Gasteiger partial charge in [0.25, 0.3) is 0 Å². The Balaban J connectivity index is 0.000000629. The first-order valence-electron chi connectivity index (χ1n) is 26.1. The zero-order chi connectivity index (χ0) is 52.3. The molecule has 0 amide bonds. The molecule has 384 valence electrons. The number of fused-ring (bicyclic) bond motifs is 1. The van der Waals surface area contributed by atoms with Crippen molar-refractivity contribution in [3.63, 3.8) is 0 Å². The number of hydrogen-bond donors (Lipinski definition) is 2. The zero-order valence-electron chi connectivity index (χ0n) is 47.5. The van der Waals surface area contributed by atoms with Crippen molar-refractivity contribution in [2.24, 2.45) is 0 Å². The molecule has 2 unspecified atom stereocenters. The Kier molecular flexibility index (Phi) is 20.4. The van der Waals surface area contributed by atoms with Gasteiger partial charge in [0.15, 0.2) is 0 Å². The van der Waals surface area contributed by atoms with Gasteiger partial charge >= 0.3 is 359 Å².